The van der Waals surface area contributed by atoms with Crippen LogP contribution in [-0.2, 0) is 4.79 Å². The van der Waals surface area contributed by atoms with Crippen LogP contribution in [0.1, 0.15) is 36.4 Å². The highest BCUT2D eigenvalue weighted by atomic mass is 35.5. The van der Waals surface area contributed by atoms with Gasteiger partial charge in [0.15, 0.2) is 5.82 Å². The number of hydrogen-bond acceptors (Lipinski definition) is 4. The van der Waals surface area contributed by atoms with Crippen LogP contribution >= 0.6 is 11.6 Å². The molecule has 24 heavy (non-hydrogen) atoms. The molecule has 0 bridgehead atoms. The largest absolute Gasteiger partial charge is 0.360 e. The van der Waals surface area contributed by atoms with Crippen LogP contribution in [0.2, 0.25) is 5.02 Å². The highest BCUT2D eigenvalue weighted by Gasteiger charge is 2.24. The van der Waals surface area contributed by atoms with Crippen molar-refractivity contribution in [1.82, 2.24) is 10.5 Å². The first-order valence-electron chi connectivity index (χ1n) is 7.66. The lowest BCUT2D eigenvalue weighted by molar-refractivity contribution is -0.118. The van der Waals surface area contributed by atoms with Gasteiger partial charge in [0.25, 0.3) is 5.91 Å². The Morgan fingerprint density at radius 3 is 2.58 bits per heavy atom. The number of benzene rings is 1. The Kier molecular flexibility index (Phi) is 5.98. The second-order valence-electron chi connectivity index (χ2n) is 5.95. The van der Waals surface area contributed by atoms with E-state index in [1.165, 1.54) is 0 Å². The van der Waals surface area contributed by atoms with Gasteiger partial charge in [-0.25, -0.2) is 0 Å². The predicted molar refractivity (Wildman–Crippen MR) is 92.0 cm³/mol. The van der Waals surface area contributed by atoms with E-state index in [4.69, 9.17) is 16.1 Å². The summed E-state index contributed by atoms with van der Waals surface area (Å²) in [6.45, 7) is 5.68. The smallest absolute Gasteiger partial charge is 0.253 e. The van der Waals surface area contributed by atoms with Gasteiger partial charge in [-0.05, 0) is 31.4 Å². The van der Waals surface area contributed by atoms with E-state index in [2.05, 4.69) is 15.8 Å². The van der Waals surface area contributed by atoms with Crippen molar-refractivity contribution in [3.8, 4) is 0 Å². The molecule has 0 unspecified atom stereocenters. The number of carbonyl (C=O) groups excluding carboxylic acids is 2. The molecule has 1 aromatic heterocycles. The van der Waals surface area contributed by atoms with Crippen LogP contribution in [0.5, 0.6) is 0 Å². The van der Waals surface area contributed by atoms with Gasteiger partial charge >= 0.3 is 0 Å². The monoisotopic (exact) mass is 349 g/mol. The molecule has 0 aliphatic carbocycles. The number of carbonyl (C=O) groups is 2. The zero-order chi connectivity index (χ0) is 17.7. The van der Waals surface area contributed by atoms with Gasteiger partial charge in [0.1, 0.15) is 11.8 Å². The van der Waals surface area contributed by atoms with E-state index in [0.29, 0.717) is 28.6 Å². The van der Waals surface area contributed by atoms with Crippen molar-refractivity contribution in [3.05, 3.63) is 46.7 Å². The molecule has 1 heterocycles. The van der Waals surface area contributed by atoms with E-state index in [1.807, 2.05) is 13.8 Å². The second-order valence-corrected chi connectivity index (χ2v) is 6.35. The van der Waals surface area contributed by atoms with Crippen LogP contribution in [0.15, 0.2) is 34.9 Å². The summed E-state index contributed by atoms with van der Waals surface area (Å²) >= 11 is 6.04. The van der Waals surface area contributed by atoms with Gasteiger partial charge in [-0.2, -0.15) is 0 Å². The Hall–Kier alpha value is -2.34. The van der Waals surface area contributed by atoms with E-state index in [-0.39, 0.29) is 11.8 Å². The van der Waals surface area contributed by atoms with E-state index in [9.17, 15) is 9.59 Å². The van der Waals surface area contributed by atoms with Crippen molar-refractivity contribution >= 4 is 29.2 Å². The third kappa shape index (κ3) is 4.83. The minimum Gasteiger partial charge on any atom is -0.360 e. The highest BCUT2D eigenvalue weighted by Crippen LogP contribution is 2.16. The lowest BCUT2D eigenvalue weighted by atomic mass is 10.0. The zero-order valence-corrected chi connectivity index (χ0v) is 14.6. The maximum atomic E-state index is 12.5. The summed E-state index contributed by atoms with van der Waals surface area (Å²) in [6.07, 6.45) is 0.485. The van der Waals surface area contributed by atoms with Gasteiger partial charge in [-0.15, -0.1) is 0 Å². The van der Waals surface area contributed by atoms with Crippen LogP contribution in [0.3, 0.4) is 0 Å². The summed E-state index contributed by atoms with van der Waals surface area (Å²) in [7, 11) is 0. The van der Waals surface area contributed by atoms with Crippen molar-refractivity contribution in [1.29, 1.82) is 0 Å². The number of amides is 2. The molecule has 2 rings (SSSR count). The first kappa shape index (κ1) is 18.0. The van der Waals surface area contributed by atoms with Crippen molar-refractivity contribution < 1.29 is 14.1 Å². The first-order valence-corrected chi connectivity index (χ1v) is 8.04. The molecule has 128 valence electrons. The number of rotatable bonds is 6. The summed E-state index contributed by atoms with van der Waals surface area (Å²) in [5, 5.41) is 9.45. The molecule has 0 radical (unpaired) electrons. The molecule has 0 saturated heterocycles. The lowest BCUT2D eigenvalue weighted by Gasteiger charge is -2.19. The van der Waals surface area contributed by atoms with Crippen LogP contribution in [0.25, 0.3) is 0 Å². The van der Waals surface area contributed by atoms with E-state index < -0.39 is 11.9 Å². The van der Waals surface area contributed by atoms with Crippen molar-refractivity contribution in [2.75, 3.05) is 5.32 Å². The van der Waals surface area contributed by atoms with Gasteiger partial charge in [-0.1, -0.05) is 42.7 Å². The molecular formula is C17H20ClN3O3. The number of aryl methyl sites for hydroxylation is 1. The number of halogens is 1. The molecule has 1 aromatic carbocycles. The average molecular weight is 350 g/mol. The molecule has 2 aromatic rings. The van der Waals surface area contributed by atoms with Crippen LogP contribution < -0.4 is 10.6 Å². The van der Waals surface area contributed by atoms with E-state index in [1.54, 1.807) is 37.3 Å². The Balaban J connectivity index is 2.11. The maximum Gasteiger partial charge on any atom is 0.253 e. The minimum absolute atomic E-state index is 0.214. The number of nitrogens with zero attached hydrogens (tertiary/aromatic N) is 1. The van der Waals surface area contributed by atoms with Crippen LogP contribution in [0.4, 0.5) is 5.82 Å². The number of nitrogens with one attached hydrogen (secondary N) is 2. The Morgan fingerprint density at radius 2 is 2.00 bits per heavy atom. The van der Waals surface area contributed by atoms with E-state index >= 15 is 0 Å². The Labute approximate surface area is 145 Å². The SMILES string of the molecule is Cc1cc(NC(=O)[C@H](CC(C)C)NC(=O)c2ccccc2Cl)no1. The van der Waals surface area contributed by atoms with Gasteiger partial charge in [0.05, 0.1) is 10.6 Å². The van der Waals surface area contributed by atoms with Crippen molar-refractivity contribution in [2.24, 2.45) is 5.92 Å². The van der Waals surface area contributed by atoms with E-state index in [0.717, 1.165) is 0 Å². The summed E-state index contributed by atoms with van der Waals surface area (Å²) in [5.74, 6) is 0.380. The summed E-state index contributed by atoms with van der Waals surface area (Å²) < 4.78 is 4.92. The van der Waals surface area contributed by atoms with Crippen LogP contribution in [-0.4, -0.2) is 23.0 Å². The molecule has 1 atom stereocenters. The average Bonchev–Trinajstić information content (AvgIpc) is 2.91. The third-order valence-corrected chi connectivity index (χ3v) is 3.66. The standard InChI is InChI=1S/C17H20ClN3O3/c1-10(2)8-14(17(23)20-15-9-11(3)24-21-15)19-16(22)12-6-4-5-7-13(12)18/h4-7,9-10,14H,8H2,1-3H3,(H,19,22)(H,20,21,23)/t14-/m0/s1. The summed E-state index contributed by atoms with van der Waals surface area (Å²) in [6, 6.07) is 7.61. The molecule has 6 nitrogen and oxygen atoms in total. The molecule has 7 heteroatoms. The quantitative estimate of drug-likeness (QED) is 0.836. The number of aromatic nitrogens is 1. The predicted octanol–water partition coefficient (Wildman–Crippen LogP) is 3.42. The lowest BCUT2D eigenvalue weighted by Crippen LogP contribution is -2.44. The number of anilines is 1. The summed E-state index contributed by atoms with van der Waals surface area (Å²) in [5.41, 5.74) is 0.331. The summed E-state index contributed by atoms with van der Waals surface area (Å²) in [4.78, 5) is 24.9. The second kappa shape index (κ2) is 7.97. The fourth-order valence-corrected chi connectivity index (χ4v) is 2.44. The zero-order valence-electron chi connectivity index (χ0n) is 13.8. The first-order chi connectivity index (χ1) is 11.4. The normalized spacial score (nSPS) is 12.0. The van der Waals surface area contributed by atoms with Crippen molar-refractivity contribution in [2.45, 2.75) is 33.2 Å². The van der Waals surface area contributed by atoms with Gasteiger partial charge in [0, 0.05) is 6.07 Å². The van der Waals surface area contributed by atoms with Gasteiger partial charge in [0.2, 0.25) is 5.91 Å². The van der Waals surface area contributed by atoms with Crippen LogP contribution in [0, 0.1) is 12.8 Å². The number of hydrogen-bond donors (Lipinski definition) is 2. The molecular weight excluding hydrogens is 330 g/mol. The Bertz CT molecular complexity index is 727. The van der Waals surface area contributed by atoms with Gasteiger partial charge < -0.3 is 15.2 Å². The highest BCUT2D eigenvalue weighted by molar-refractivity contribution is 6.33. The molecule has 2 N–H and O–H groups in total. The fourth-order valence-electron chi connectivity index (χ4n) is 2.22. The maximum absolute atomic E-state index is 12.5. The Morgan fingerprint density at radius 1 is 1.29 bits per heavy atom. The molecule has 0 aliphatic rings. The third-order valence-electron chi connectivity index (χ3n) is 3.33. The topological polar surface area (TPSA) is 84.2 Å². The van der Waals surface area contributed by atoms with Crippen molar-refractivity contribution in [3.63, 3.8) is 0 Å². The molecule has 0 spiro atoms. The fraction of sp³-hybridized carbons (Fsp3) is 0.353. The molecule has 0 aliphatic heterocycles. The molecule has 0 fully saturated rings. The minimum atomic E-state index is -0.703. The molecule has 0 saturated carbocycles. The van der Waals surface area contributed by atoms with Gasteiger partial charge in [-0.3, -0.25) is 9.59 Å². The molecule has 2 amide bonds.